The Morgan fingerprint density at radius 3 is 2.24 bits per heavy atom. The summed E-state index contributed by atoms with van der Waals surface area (Å²) in [6.07, 6.45) is -2.09. The van der Waals surface area contributed by atoms with E-state index in [-0.39, 0.29) is 5.95 Å². The summed E-state index contributed by atoms with van der Waals surface area (Å²) in [5, 5.41) is 2.80. The molecule has 0 saturated heterocycles. The van der Waals surface area contributed by atoms with E-state index in [0.717, 1.165) is 5.56 Å². The third kappa shape index (κ3) is 4.95. The number of anilines is 3. The van der Waals surface area contributed by atoms with Crippen LogP contribution in [0.5, 0.6) is 0 Å². The number of benzene rings is 1. The van der Waals surface area contributed by atoms with Crippen molar-refractivity contribution in [2.24, 2.45) is 0 Å². The van der Waals surface area contributed by atoms with E-state index >= 15 is 0 Å². The van der Waals surface area contributed by atoms with E-state index in [9.17, 15) is 17.7 Å². The first-order valence-electron chi connectivity index (χ1n) is 7.79. The number of hydrogen-bond donors (Lipinski definition) is 2. The Labute approximate surface area is 144 Å². The predicted octanol–water partition coefficient (Wildman–Crippen LogP) is 4.72. The molecule has 2 aromatic rings. The number of nitrogens with one attached hydrogen (secondary N) is 1. The number of nitrogens with zero attached hydrogens (tertiary/aromatic N) is 2. The van der Waals surface area contributed by atoms with E-state index in [0.29, 0.717) is 30.4 Å². The molecule has 136 valence electrons. The topological polar surface area (TPSA) is 80.9 Å². The maximum atomic E-state index is 12.6. The molecule has 2 rings (SSSR count). The van der Waals surface area contributed by atoms with Crippen molar-refractivity contribution in [1.29, 1.82) is 0 Å². The molecule has 0 bridgehead atoms. The molecule has 1 aromatic heterocycles. The Morgan fingerprint density at radius 1 is 1.16 bits per heavy atom. The van der Waals surface area contributed by atoms with Crippen LogP contribution in [0.15, 0.2) is 30.5 Å². The lowest BCUT2D eigenvalue weighted by Gasteiger charge is -2.14. The average Bonchev–Trinajstić information content (AvgIpc) is 2.55. The first kappa shape index (κ1) is 19.2. The number of halogens is 3. The van der Waals surface area contributed by atoms with E-state index in [1.165, 1.54) is 0 Å². The average molecular weight is 372 g/mol. The molecule has 9 heteroatoms. The van der Waals surface area contributed by atoms with Crippen molar-refractivity contribution in [3.05, 3.63) is 41.6 Å². The van der Waals surface area contributed by atoms with Crippen molar-refractivity contribution >= 4 is 24.6 Å². The SMILES string of the molecule is CCP(=O)(CC)Cc1ccc(Nc2ncc(C(F)(F)F)c(N)n2)cc1. The molecule has 0 radical (unpaired) electrons. The third-order valence-electron chi connectivity index (χ3n) is 3.96. The van der Waals surface area contributed by atoms with Crippen LogP contribution in [0.4, 0.5) is 30.6 Å². The van der Waals surface area contributed by atoms with Gasteiger partial charge in [-0.15, -0.1) is 0 Å². The predicted molar refractivity (Wildman–Crippen MR) is 93.6 cm³/mol. The molecule has 0 spiro atoms. The molecule has 25 heavy (non-hydrogen) atoms. The molecule has 1 aromatic carbocycles. The standard InChI is InChI=1S/C16H20F3N4OP/c1-3-25(24,4-2)10-11-5-7-12(8-6-11)22-15-21-9-13(14(20)23-15)16(17,18)19/h5-9H,3-4,10H2,1-2H3,(H3,20,21,22,23). The Hall–Kier alpha value is -2.08. The fraction of sp³-hybridized carbons (Fsp3) is 0.375. The number of nitrogens with two attached hydrogens (primary N) is 1. The number of rotatable bonds is 6. The Balaban J connectivity index is 2.12. The third-order valence-corrected chi connectivity index (χ3v) is 7.20. The lowest BCUT2D eigenvalue weighted by atomic mass is 10.2. The molecule has 0 amide bonds. The first-order valence-corrected chi connectivity index (χ1v) is 10.1. The summed E-state index contributed by atoms with van der Waals surface area (Å²) in [7, 11) is -2.18. The number of aromatic nitrogens is 2. The number of alkyl halides is 3. The Bertz CT molecular complexity index is 770. The largest absolute Gasteiger partial charge is 0.421 e. The van der Waals surface area contributed by atoms with E-state index in [2.05, 4.69) is 15.3 Å². The first-order chi connectivity index (χ1) is 11.7. The van der Waals surface area contributed by atoms with Crippen LogP contribution in [0.1, 0.15) is 25.0 Å². The van der Waals surface area contributed by atoms with Gasteiger partial charge in [-0.3, -0.25) is 0 Å². The van der Waals surface area contributed by atoms with Crippen molar-refractivity contribution in [3.63, 3.8) is 0 Å². The molecule has 0 fully saturated rings. The molecule has 3 N–H and O–H groups in total. The van der Waals surface area contributed by atoms with Crippen LogP contribution in [-0.4, -0.2) is 22.3 Å². The van der Waals surface area contributed by atoms with Crippen LogP contribution >= 0.6 is 7.14 Å². The quantitative estimate of drug-likeness (QED) is 0.717. The highest BCUT2D eigenvalue weighted by molar-refractivity contribution is 7.63. The zero-order valence-corrected chi connectivity index (χ0v) is 14.9. The van der Waals surface area contributed by atoms with Gasteiger partial charge >= 0.3 is 6.18 Å². The normalized spacial score (nSPS) is 12.2. The van der Waals surface area contributed by atoms with Crippen LogP contribution in [0, 0.1) is 0 Å². The minimum atomic E-state index is -4.59. The summed E-state index contributed by atoms with van der Waals surface area (Å²) in [6, 6.07) is 7.13. The summed E-state index contributed by atoms with van der Waals surface area (Å²) >= 11 is 0. The molecule has 1 heterocycles. The minimum Gasteiger partial charge on any atom is -0.383 e. The van der Waals surface area contributed by atoms with Gasteiger partial charge in [0.25, 0.3) is 0 Å². The van der Waals surface area contributed by atoms with Gasteiger partial charge in [0.2, 0.25) is 5.95 Å². The number of hydrogen-bond acceptors (Lipinski definition) is 5. The molecule has 0 aliphatic carbocycles. The van der Waals surface area contributed by atoms with E-state index in [1.54, 1.807) is 12.1 Å². The maximum Gasteiger partial charge on any atom is 0.421 e. The van der Waals surface area contributed by atoms with Crippen LogP contribution in [0.3, 0.4) is 0 Å². The van der Waals surface area contributed by atoms with Crippen LogP contribution in [0.2, 0.25) is 0 Å². The van der Waals surface area contributed by atoms with Gasteiger partial charge in [-0.1, -0.05) is 26.0 Å². The van der Waals surface area contributed by atoms with Crippen molar-refractivity contribution in [2.75, 3.05) is 23.4 Å². The summed E-state index contributed by atoms with van der Waals surface area (Å²) < 4.78 is 50.4. The van der Waals surface area contributed by atoms with Crippen LogP contribution < -0.4 is 11.1 Å². The van der Waals surface area contributed by atoms with Gasteiger partial charge in [0.15, 0.2) is 0 Å². The van der Waals surface area contributed by atoms with Gasteiger partial charge < -0.3 is 15.6 Å². The summed E-state index contributed by atoms with van der Waals surface area (Å²) in [5.41, 5.74) is 5.83. The van der Waals surface area contributed by atoms with Gasteiger partial charge in [0.1, 0.15) is 11.4 Å². The lowest BCUT2D eigenvalue weighted by molar-refractivity contribution is -0.137. The molecule has 5 nitrogen and oxygen atoms in total. The minimum absolute atomic E-state index is 0.0222. The zero-order chi connectivity index (χ0) is 18.7. The zero-order valence-electron chi connectivity index (χ0n) is 14.0. The van der Waals surface area contributed by atoms with Gasteiger partial charge in [-0.25, -0.2) is 4.98 Å². The van der Waals surface area contributed by atoms with E-state index < -0.39 is 24.7 Å². The van der Waals surface area contributed by atoms with E-state index in [1.807, 2.05) is 26.0 Å². The van der Waals surface area contributed by atoms with Gasteiger partial charge in [-0.2, -0.15) is 18.2 Å². The summed E-state index contributed by atoms with van der Waals surface area (Å²) in [4.78, 5) is 7.28. The van der Waals surface area contributed by atoms with E-state index in [4.69, 9.17) is 5.73 Å². The highest BCUT2D eigenvalue weighted by Gasteiger charge is 2.34. The summed E-state index contributed by atoms with van der Waals surface area (Å²) in [5.74, 6) is -0.653. The second kappa shape index (κ2) is 7.44. The molecule has 0 aliphatic rings. The highest BCUT2D eigenvalue weighted by Crippen LogP contribution is 2.48. The van der Waals surface area contributed by atoms with Crippen LogP contribution in [0.25, 0.3) is 0 Å². The smallest absolute Gasteiger partial charge is 0.383 e. The van der Waals surface area contributed by atoms with Crippen molar-refractivity contribution < 1.29 is 17.7 Å². The fourth-order valence-corrected chi connectivity index (χ4v) is 4.05. The lowest BCUT2D eigenvalue weighted by Crippen LogP contribution is -2.12. The van der Waals surface area contributed by atoms with Crippen molar-refractivity contribution in [3.8, 4) is 0 Å². The van der Waals surface area contributed by atoms with Crippen molar-refractivity contribution in [2.45, 2.75) is 26.2 Å². The summed E-state index contributed by atoms with van der Waals surface area (Å²) in [6.45, 7) is 3.85. The van der Waals surface area contributed by atoms with Crippen molar-refractivity contribution in [1.82, 2.24) is 9.97 Å². The Morgan fingerprint density at radius 2 is 1.76 bits per heavy atom. The molecular weight excluding hydrogens is 352 g/mol. The van der Waals surface area contributed by atoms with Gasteiger partial charge in [-0.05, 0) is 30.0 Å². The monoisotopic (exact) mass is 372 g/mol. The molecular formula is C16H20F3N4OP. The van der Waals surface area contributed by atoms with Gasteiger partial charge in [0, 0.05) is 18.0 Å². The Kier molecular flexibility index (Phi) is 5.72. The molecule has 0 saturated carbocycles. The van der Waals surface area contributed by atoms with Crippen LogP contribution in [-0.2, 0) is 16.9 Å². The number of nitrogen functional groups attached to an aromatic ring is 1. The second-order valence-corrected chi connectivity index (χ2v) is 9.36. The molecule has 0 atom stereocenters. The molecule has 0 aliphatic heterocycles. The highest BCUT2D eigenvalue weighted by atomic mass is 31.2. The maximum absolute atomic E-state index is 12.6. The molecule has 0 unspecified atom stereocenters. The fourth-order valence-electron chi connectivity index (χ4n) is 2.28. The second-order valence-electron chi connectivity index (χ2n) is 5.66. The van der Waals surface area contributed by atoms with Gasteiger partial charge in [0.05, 0.1) is 7.14 Å².